The number of nitrogens with zero attached hydrogens (tertiary/aromatic N) is 6. The van der Waals surface area contributed by atoms with Crippen LogP contribution in [0.5, 0.6) is 11.5 Å². The van der Waals surface area contributed by atoms with E-state index < -0.39 is 0 Å². The lowest BCUT2D eigenvalue weighted by atomic mass is 10.1. The van der Waals surface area contributed by atoms with Crippen LogP contribution >= 0.6 is 0 Å². The molecule has 1 fully saturated rings. The smallest absolute Gasteiger partial charge is 0.168 e. The molecule has 1 aliphatic heterocycles. The highest BCUT2D eigenvalue weighted by atomic mass is 16.5. The number of ether oxygens (including phenoxy) is 2. The van der Waals surface area contributed by atoms with Crippen LogP contribution in [-0.2, 0) is 13.0 Å². The summed E-state index contributed by atoms with van der Waals surface area (Å²) in [6, 6.07) is 6.24. The molecule has 29 heavy (non-hydrogen) atoms. The van der Waals surface area contributed by atoms with Gasteiger partial charge in [-0.25, -0.2) is 4.68 Å². The van der Waals surface area contributed by atoms with Gasteiger partial charge in [-0.3, -0.25) is 9.80 Å². The average molecular weight is 401 g/mol. The molecule has 0 amide bonds. The molecule has 1 atom stereocenters. The second kappa shape index (κ2) is 10.4. The second-order valence-corrected chi connectivity index (χ2v) is 7.25. The van der Waals surface area contributed by atoms with Gasteiger partial charge in [0.25, 0.3) is 0 Å². The summed E-state index contributed by atoms with van der Waals surface area (Å²) >= 11 is 0. The van der Waals surface area contributed by atoms with Gasteiger partial charge in [-0.05, 0) is 41.0 Å². The zero-order chi connectivity index (χ0) is 20.6. The first-order chi connectivity index (χ1) is 14.2. The first-order valence-corrected chi connectivity index (χ1v) is 10.2. The fourth-order valence-corrected chi connectivity index (χ4v) is 3.92. The molecule has 8 heteroatoms. The number of rotatable bonds is 10. The number of benzene rings is 1. The standard InChI is InChI=1S/C21H32N6O2/c1-5-10-25-12-14-26(15-13-25)18(6-2)21-22-23-24-27(21)11-9-17-7-8-19(28-3)20(16-17)29-4/h5,7-8,16,18H,1,6,9-15H2,2-4H3/t18-/m0/s1. The van der Waals surface area contributed by atoms with Crippen molar-refractivity contribution in [2.24, 2.45) is 0 Å². The van der Waals surface area contributed by atoms with Gasteiger partial charge in [0.15, 0.2) is 17.3 Å². The molecule has 0 aliphatic carbocycles. The van der Waals surface area contributed by atoms with Gasteiger partial charge in [-0.1, -0.05) is 19.1 Å². The summed E-state index contributed by atoms with van der Waals surface area (Å²) < 4.78 is 12.7. The molecule has 1 aliphatic rings. The van der Waals surface area contributed by atoms with E-state index in [9.17, 15) is 0 Å². The highest BCUT2D eigenvalue weighted by molar-refractivity contribution is 5.42. The van der Waals surface area contributed by atoms with Crippen molar-refractivity contribution in [2.75, 3.05) is 46.9 Å². The molecule has 3 rings (SSSR count). The zero-order valence-electron chi connectivity index (χ0n) is 17.8. The summed E-state index contributed by atoms with van der Waals surface area (Å²) in [6.07, 6.45) is 3.78. The first-order valence-electron chi connectivity index (χ1n) is 10.2. The Balaban J connectivity index is 1.66. The molecule has 0 N–H and O–H groups in total. The molecular weight excluding hydrogens is 368 g/mol. The minimum Gasteiger partial charge on any atom is -0.493 e. The maximum atomic E-state index is 5.41. The van der Waals surface area contributed by atoms with Crippen molar-refractivity contribution < 1.29 is 9.47 Å². The lowest BCUT2D eigenvalue weighted by Crippen LogP contribution is -2.47. The highest BCUT2D eigenvalue weighted by Crippen LogP contribution is 2.28. The minimum atomic E-state index is 0.237. The van der Waals surface area contributed by atoms with Crippen LogP contribution in [0.3, 0.4) is 0 Å². The number of tetrazole rings is 1. The molecule has 1 aromatic carbocycles. The van der Waals surface area contributed by atoms with Gasteiger partial charge in [0.2, 0.25) is 0 Å². The zero-order valence-corrected chi connectivity index (χ0v) is 17.8. The van der Waals surface area contributed by atoms with E-state index in [2.05, 4.69) is 44.9 Å². The molecule has 0 bridgehead atoms. The number of aryl methyl sites for hydroxylation is 2. The van der Waals surface area contributed by atoms with Crippen molar-refractivity contribution in [2.45, 2.75) is 32.4 Å². The monoisotopic (exact) mass is 400 g/mol. The predicted molar refractivity (Wildman–Crippen MR) is 112 cm³/mol. The normalized spacial score (nSPS) is 16.5. The van der Waals surface area contributed by atoms with Gasteiger partial charge in [0, 0.05) is 39.3 Å². The van der Waals surface area contributed by atoms with E-state index in [1.165, 1.54) is 0 Å². The Bertz CT molecular complexity index is 785. The Kier molecular flexibility index (Phi) is 7.60. The topological polar surface area (TPSA) is 68.5 Å². The molecule has 0 spiro atoms. The van der Waals surface area contributed by atoms with Crippen LogP contribution < -0.4 is 9.47 Å². The summed E-state index contributed by atoms with van der Waals surface area (Å²) in [5.74, 6) is 2.43. The molecule has 2 aromatic rings. The van der Waals surface area contributed by atoms with Crippen molar-refractivity contribution in [3.8, 4) is 11.5 Å². The van der Waals surface area contributed by atoms with E-state index in [1.807, 2.05) is 22.9 Å². The van der Waals surface area contributed by atoms with E-state index in [0.717, 1.165) is 75.0 Å². The third kappa shape index (κ3) is 5.13. The SMILES string of the molecule is C=CCN1CCN([C@@H](CC)c2nnnn2CCc2ccc(OC)c(OC)c2)CC1. The third-order valence-corrected chi connectivity index (χ3v) is 5.54. The highest BCUT2D eigenvalue weighted by Gasteiger charge is 2.27. The number of aromatic nitrogens is 4. The third-order valence-electron chi connectivity index (χ3n) is 5.54. The van der Waals surface area contributed by atoms with E-state index in [0.29, 0.717) is 0 Å². The Morgan fingerprint density at radius 1 is 1.14 bits per heavy atom. The van der Waals surface area contributed by atoms with Gasteiger partial charge in [0.1, 0.15) is 0 Å². The van der Waals surface area contributed by atoms with Crippen LogP contribution in [-0.4, -0.2) is 77.0 Å². The van der Waals surface area contributed by atoms with Gasteiger partial charge >= 0.3 is 0 Å². The molecule has 8 nitrogen and oxygen atoms in total. The number of methoxy groups -OCH3 is 2. The molecule has 2 heterocycles. The lowest BCUT2D eigenvalue weighted by molar-refractivity contribution is 0.0946. The van der Waals surface area contributed by atoms with Gasteiger partial charge in [-0.2, -0.15) is 0 Å². The summed E-state index contributed by atoms with van der Waals surface area (Å²) in [6.45, 7) is 11.9. The quantitative estimate of drug-likeness (QED) is 0.566. The van der Waals surface area contributed by atoms with Crippen molar-refractivity contribution in [3.05, 3.63) is 42.2 Å². The summed E-state index contributed by atoms with van der Waals surface area (Å²) in [7, 11) is 3.30. The Hall–Kier alpha value is -2.45. The molecule has 0 saturated carbocycles. The predicted octanol–water partition coefficient (Wildman–Crippen LogP) is 2.19. The summed E-state index contributed by atoms with van der Waals surface area (Å²) in [5.41, 5.74) is 1.16. The van der Waals surface area contributed by atoms with E-state index in [-0.39, 0.29) is 6.04 Å². The maximum absolute atomic E-state index is 5.41. The molecule has 0 radical (unpaired) electrons. The lowest BCUT2D eigenvalue weighted by Gasteiger charge is -2.38. The van der Waals surface area contributed by atoms with Crippen molar-refractivity contribution in [3.63, 3.8) is 0 Å². The summed E-state index contributed by atoms with van der Waals surface area (Å²) in [4.78, 5) is 4.93. The van der Waals surface area contributed by atoms with E-state index in [1.54, 1.807) is 14.2 Å². The molecule has 1 saturated heterocycles. The fraction of sp³-hybridized carbons (Fsp3) is 0.571. The van der Waals surface area contributed by atoms with E-state index >= 15 is 0 Å². The molecule has 0 unspecified atom stereocenters. The number of hydrogen-bond donors (Lipinski definition) is 0. The van der Waals surface area contributed by atoms with Gasteiger partial charge in [-0.15, -0.1) is 11.7 Å². The average Bonchev–Trinajstić information content (AvgIpc) is 3.22. The van der Waals surface area contributed by atoms with Crippen molar-refractivity contribution in [1.29, 1.82) is 0 Å². The van der Waals surface area contributed by atoms with Crippen LogP contribution in [0.4, 0.5) is 0 Å². The maximum Gasteiger partial charge on any atom is 0.168 e. The minimum absolute atomic E-state index is 0.237. The molecule has 158 valence electrons. The van der Waals surface area contributed by atoms with Crippen molar-refractivity contribution >= 4 is 0 Å². The Labute approximate surface area is 173 Å². The first kappa shape index (κ1) is 21.3. The van der Waals surface area contributed by atoms with Crippen LogP contribution in [0.15, 0.2) is 30.9 Å². The van der Waals surface area contributed by atoms with Crippen LogP contribution in [0, 0.1) is 0 Å². The van der Waals surface area contributed by atoms with E-state index in [4.69, 9.17) is 9.47 Å². The fourth-order valence-electron chi connectivity index (χ4n) is 3.92. The van der Waals surface area contributed by atoms with Crippen LogP contribution in [0.2, 0.25) is 0 Å². The second-order valence-electron chi connectivity index (χ2n) is 7.25. The summed E-state index contributed by atoms with van der Waals surface area (Å²) in [5, 5.41) is 12.6. The number of hydrogen-bond acceptors (Lipinski definition) is 7. The number of piperazine rings is 1. The molecule has 1 aromatic heterocycles. The molecular formula is C21H32N6O2. The Morgan fingerprint density at radius 2 is 1.90 bits per heavy atom. The van der Waals surface area contributed by atoms with Gasteiger partial charge in [0.05, 0.1) is 20.3 Å². The Morgan fingerprint density at radius 3 is 2.55 bits per heavy atom. The van der Waals surface area contributed by atoms with Crippen molar-refractivity contribution in [1.82, 2.24) is 30.0 Å². The largest absolute Gasteiger partial charge is 0.493 e. The van der Waals surface area contributed by atoms with Crippen LogP contribution in [0.25, 0.3) is 0 Å². The van der Waals surface area contributed by atoms with Gasteiger partial charge < -0.3 is 9.47 Å². The van der Waals surface area contributed by atoms with Crippen LogP contribution in [0.1, 0.15) is 30.8 Å².